The first-order chi connectivity index (χ1) is 6.52. The van der Waals surface area contributed by atoms with Gasteiger partial charge in [-0.25, -0.2) is 0 Å². The second-order valence-corrected chi connectivity index (χ2v) is 4.94. The van der Waals surface area contributed by atoms with E-state index in [0.717, 1.165) is 13.1 Å². The van der Waals surface area contributed by atoms with Crippen LogP contribution in [0.2, 0.25) is 0 Å². The third kappa shape index (κ3) is 6.39. The van der Waals surface area contributed by atoms with Crippen molar-refractivity contribution in [3.05, 3.63) is 0 Å². The number of rotatable bonds is 7. The van der Waals surface area contributed by atoms with Crippen LogP contribution in [-0.2, 0) is 0 Å². The summed E-state index contributed by atoms with van der Waals surface area (Å²) < 4.78 is 0. The quantitative estimate of drug-likeness (QED) is 0.640. The minimum absolute atomic E-state index is 0.189. The summed E-state index contributed by atoms with van der Waals surface area (Å²) in [6, 6.07) is 0. The lowest BCUT2D eigenvalue weighted by Gasteiger charge is -2.35. The molecule has 14 heavy (non-hydrogen) atoms. The van der Waals surface area contributed by atoms with Crippen LogP contribution in [0.3, 0.4) is 0 Å². The molecule has 0 saturated heterocycles. The molecule has 0 aromatic rings. The largest absolute Gasteiger partial charge is 0.395 e. The molecule has 0 aliphatic carbocycles. The Hall–Kier alpha value is -0.0800. The molecule has 1 N–H and O–H groups in total. The van der Waals surface area contributed by atoms with Gasteiger partial charge in [0, 0.05) is 12.1 Å². The summed E-state index contributed by atoms with van der Waals surface area (Å²) in [5, 5.41) is 8.96. The standard InChI is InChI=1S/C12H27NO/c1-5-6-7-8-9-13(10-11-14)12(2,3)4/h14H,5-11H2,1-4H3. The van der Waals surface area contributed by atoms with Crippen molar-refractivity contribution in [1.82, 2.24) is 4.90 Å². The first kappa shape index (κ1) is 13.9. The highest BCUT2D eigenvalue weighted by molar-refractivity contribution is 4.75. The molecule has 0 fully saturated rings. The van der Waals surface area contributed by atoms with E-state index in [1.807, 2.05) is 0 Å². The van der Waals surface area contributed by atoms with Gasteiger partial charge in [0.1, 0.15) is 0 Å². The van der Waals surface area contributed by atoms with E-state index >= 15 is 0 Å². The van der Waals surface area contributed by atoms with Gasteiger partial charge in [-0.2, -0.15) is 0 Å². The van der Waals surface area contributed by atoms with Crippen molar-refractivity contribution in [3.8, 4) is 0 Å². The number of nitrogens with zero attached hydrogens (tertiary/aromatic N) is 1. The number of hydrogen-bond acceptors (Lipinski definition) is 2. The number of unbranched alkanes of at least 4 members (excludes halogenated alkanes) is 3. The summed E-state index contributed by atoms with van der Waals surface area (Å²) in [7, 11) is 0. The maximum Gasteiger partial charge on any atom is 0.0558 e. The van der Waals surface area contributed by atoms with E-state index in [4.69, 9.17) is 5.11 Å². The van der Waals surface area contributed by atoms with Crippen molar-refractivity contribution in [3.63, 3.8) is 0 Å². The van der Waals surface area contributed by atoms with Crippen LogP contribution in [0, 0.1) is 0 Å². The Morgan fingerprint density at radius 3 is 2.07 bits per heavy atom. The molecule has 0 amide bonds. The predicted molar refractivity (Wildman–Crippen MR) is 62.6 cm³/mol. The second-order valence-electron chi connectivity index (χ2n) is 4.94. The van der Waals surface area contributed by atoms with Crippen molar-refractivity contribution < 1.29 is 5.11 Å². The minimum atomic E-state index is 0.189. The van der Waals surface area contributed by atoms with Gasteiger partial charge in [-0.3, -0.25) is 4.90 Å². The molecule has 86 valence electrons. The zero-order valence-electron chi connectivity index (χ0n) is 10.3. The van der Waals surface area contributed by atoms with Crippen LogP contribution in [0.5, 0.6) is 0 Å². The topological polar surface area (TPSA) is 23.5 Å². The Bertz CT molecular complexity index is 129. The Morgan fingerprint density at radius 2 is 1.64 bits per heavy atom. The number of hydrogen-bond donors (Lipinski definition) is 1. The van der Waals surface area contributed by atoms with Crippen molar-refractivity contribution >= 4 is 0 Å². The summed E-state index contributed by atoms with van der Waals surface area (Å²) in [5.41, 5.74) is 0.189. The van der Waals surface area contributed by atoms with Crippen molar-refractivity contribution in [2.75, 3.05) is 19.7 Å². The molecule has 0 aliphatic rings. The van der Waals surface area contributed by atoms with E-state index in [2.05, 4.69) is 32.6 Å². The van der Waals surface area contributed by atoms with Gasteiger partial charge in [0.05, 0.1) is 6.61 Å². The Labute approximate surface area is 89.3 Å². The van der Waals surface area contributed by atoms with E-state index in [1.54, 1.807) is 0 Å². The first-order valence-electron chi connectivity index (χ1n) is 5.88. The molecule has 2 heteroatoms. The van der Waals surface area contributed by atoms with E-state index in [0.29, 0.717) is 0 Å². The molecule has 0 saturated carbocycles. The molecule has 0 aromatic heterocycles. The molecule has 0 spiro atoms. The molecular formula is C12H27NO. The van der Waals surface area contributed by atoms with Crippen LogP contribution in [-0.4, -0.2) is 35.2 Å². The fourth-order valence-corrected chi connectivity index (χ4v) is 1.63. The lowest BCUT2D eigenvalue weighted by Crippen LogP contribution is -2.43. The third-order valence-electron chi connectivity index (χ3n) is 2.60. The van der Waals surface area contributed by atoms with E-state index < -0.39 is 0 Å². The van der Waals surface area contributed by atoms with Crippen LogP contribution in [0.15, 0.2) is 0 Å². The number of aliphatic hydroxyl groups excluding tert-OH is 1. The molecule has 0 atom stereocenters. The summed E-state index contributed by atoms with van der Waals surface area (Å²) in [6.45, 7) is 11.0. The Balaban J connectivity index is 3.74. The molecule has 0 aliphatic heterocycles. The Morgan fingerprint density at radius 1 is 1.00 bits per heavy atom. The lowest BCUT2D eigenvalue weighted by atomic mass is 10.0. The molecule has 0 radical (unpaired) electrons. The van der Waals surface area contributed by atoms with Gasteiger partial charge in [0.15, 0.2) is 0 Å². The molecule has 0 bridgehead atoms. The van der Waals surface area contributed by atoms with Gasteiger partial charge in [-0.05, 0) is 33.7 Å². The molecule has 0 heterocycles. The summed E-state index contributed by atoms with van der Waals surface area (Å²) in [6.07, 6.45) is 5.19. The van der Waals surface area contributed by atoms with Gasteiger partial charge in [0.2, 0.25) is 0 Å². The van der Waals surface area contributed by atoms with Gasteiger partial charge in [0.25, 0.3) is 0 Å². The van der Waals surface area contributed by atoms with E-state index in [9.17, 15) is 0 Å². The van der Waals surface area contributed by atoms with E-state index in [-0.39, 0.29) is 12.1 Å². The molecule has 0 rings (SSSR count). The average Bonchev–Trinajstić information content (AvgIpc) is 2.08. The summed E-state index contributed by atoms with van der Waals surface area (Å²) >= 11 is 0. The predicted octanol–water partition coefficient (Wildman–Crippen LogP) is 2.66. The minimum Gasteiger partial charge on any atom is -0.395 e. The summed E-state index contributed by atoms with van der Waals surface area (Å²) in [5.74, 6) is 0. The SMILES string of the molecule is CCCCCCN(CCO)C(C)(C)C. The fourth-order valence-electron chi connectivity index (χ4n) is 1.63. The third-order valence-corrected chi connectivity index (χ3v) is 2.60. The summed E-state index contributed by atoms with van der Waals surface area (Å²) in [4.78, 5) is 2.36. The fraction of sp³-hybridized carbons (Fsp3) is 1.00. The van der Waals surface area contributed by atoms with Crippen LogP contribution >= 0.6 is 0 Å². The first-order valence-corrected chi connectivity index (χ1v) is 5.88. The van der Waals surface area contributed by atoms with Gasteiger partial charge >= 0.3 is 0 Å². The zero-order chi connectivity index (χ0) is 11.0. The van der Waals surface area contributed by atoms with Crippen molar-refractivity contribution in [2.45, 2.75) is 58.9 Å². The average molecular weight is 201 g/mol. The zero-order valence-corrected chi connectivity index (χ0v) is 10.3. The second kappa shape index (κ2) is 7.24. The Kier molecular flexibility index (Phi) is 7.20. The number of β-amino-alcohol motifs (C(OH)–C–C–N with tert-alkyl or cyclic N) is 1. The van der Waals surface area contributed by atoms with Crippen molar-refractivity contribution in [2.24, 2.45) is 0 Å². The highest BCUT2D eigenvalue weighted by Gasteiger charge is 2.19. The normalized spacial score (nSPS) is 12.4. The monoisotopic (exact) mass is 201 g/mol. The van der Waals surface area contributed by atoms with Crippen LogP contribution in [0.1, 0.15) is 53.4 Å². The van der Waals surface area contributed by atoms with Crippen LogP contribution in [0.25, 0.3) is 0 Å². The van der Waals surface area contributed by atoms with E-state index in [1.165, 1.54) is 25.7 Å². The highest BCUT2D eigenvalue weighted by atomic mass is 16.3. The number of aliphatic hydroxyl groups is 1. The van der Waals surface area contributed by atoms with Crippen LogP contribution < -0.4 is 0 Å². The van der Waals surface area contributed by atoms with Crippen LogP contribution in [0.4, 0.5) is 0 Å². The molecular weight excluding hydrogens is 174 g/mol. The smallest absolute Gasteiger partial charge is 0.0558 e. The maximum atomic E-state index is 8.96. The van der Waals surface area contributed by atoms with Gasteiger partial charge in [-0.15, -0.1) is 0 Å². The molecule has 0 aromatic carbocycles. The van der Waals surface area contributed by atoms with Crippen molar-refractivity contribution in [1.29, 1.82) is 0 Å². The molecule has 2 nitrogen and oxygen atoms in total. The van der Waals surface area contributed by atoms with Gasteiger partial charge < -0.3 is 5.11 Å². The lowest BCUT2D eigenvalue weighted by molar-refractivity contribution is 0.104. The van der Waals surface area contributed by atoms with Gasteiger partial charge in [-0.1, -0.05) is 26.2 Å². The molecule has 0 unspecified atom stereocenters. The maximum absolute atomic E-state index is 8.96. The highest BCUT2D eigenvalue weighted by Crippen LogP contribution is 2.14.